The fourth-order valence-corrected chi connectivity index (χ4v) is 4.59. The van der Waals surface area contributed by atoms with E-state index in [-0.39, 0.29) is 18.7 Å². The van der Waals surface area contributed by atoms with Crippen molar-refractivity contribution in [2.24, 2.45) is 0 Å². The lowest BCUT2D eigenvalue weighted by Gasteiger charge is -2.33. The highest BCUT2D eigenvalue weighted by molar-refractivity contribution is 7.99. The summed E-state index contributed by atoms with van der Waals surface area (Å²) in [6, 6.07) is 15.1. The third-order valence-corrected chi connectivity index (χ3v) is 6.44. The van der Waals surface area contributed by atoms with Crippen molar-refractivity contribution in [3.8, 4) is 5.75 Å². The molecule has 0 N–H and O–H groups in total. The van der Waals surface area contributed by atoms with E-state index < -0.39 is 0 Å². The van der Waals surface area contributed by atoms with Gasteiger partial charge in [-0.05, 0) is 69.2 Å². The second-order valence-electron chi connectivity index (χ2n) is 7.54. The van der Waals surface area contributed by atoms with Crippen molar-refractivity contribution < 1.29 is 18.9 Å². The van der Waals surface area contributed by atoms with Gasteiger partial charge < -0.3 is 18.9 Å². The maximum Gasteiger partial charge on any atom is 0.197 e. The fourth-order valence-electron chi connectivity index (χ4n) is 3.20. The maximum atomic E-state index is 6.09. The summed E-state index contributed by atoms with van der Waals surface area (Å²) in [7, 11) is 0. The molecule has 1 saturated heterocycles. The Labute approximate surface area is 189 Å². The van der Waals surface area contributed by atoms with E-state index in [0.717, 1.165) is 35.8 Å². The molecule has 1 aliphatic rings. The summed E-state index contributed by atoms with van der Waals surface area (Å²) in [6.45, 7) is 6.49. The number of hydrogen-bond acceptors (Lipinski definition) is 6. The molecule has 164 valence electrons. The van der Waals surface area contributed by atoms with E-state index in [0.29, 0.717) is 6.61 Å². The van der Waals surface area contributed by atoms with E-state index >= 15 is 0 Å². The van der Waals surface area contributed by atoms with Gasteiger partial charge in [-0.25, -0.2) is 0 Å². The molecule has 0 amide bonds. The van der Waals surface area contributed by atoms with Gasteiger partial charge >= 0.3 is 0 Å². The van der Waals surface area contributed by atoms with Crippen molar-refractivity contribution >= 4 is 23.5 Å². The molecule has 0 bridgehead atoms. The van der Waals surface area contributed by atoms with Crippen molar-refractivity contribution in [3.63, 3.8) is 0 Å². The molecule has 0 radical (unpaired) electrons. The van der Waals surface area contributed by atoms with Crippen LogP contribution in [0.25, 0.3) is 0 Å². The lowest BCUT2D eigenvalue weighted by Crippen LogP contribution is -2.42. The molecule has 1 heterocycles. The van der Waals surface area contributed by atoms with Crippen LogP contribution in [0.2, 0.25) is 0 Å². The Bertz CT molecular complexity index is 775. The summed E-state index contributed by atoms with van der Waals surface area (Å²) in [4.78, 5) is 1.23. The minimum atomic E-state index is -0.253. The number of benzene rings is 2. The van der Waals surface area contributed by atoms with E-state index in [9.17, 15) is 0 Å². The molecule has 2 aromatic rings. The summed E-state index contributed by atoms with van der Waals surface area (Å²) in [6.07, 6.45) is 4.00. The van der Waals surface area contributed by atoms with Crippen LogP contribution in [-0.2, 0) is 20.6 Å². The first-order valence-corrected chi connectivity index (χ1v) is 12.7. The van der Waals surface area contributed by atoms with E-state index in [4.69, 9.17) is 18.9 Å². The van der Waals surface area contributed by atoms with Gasteiger partial charge in [0.15, 0.2) is 12.6 Å². The highest BCUT2D eigenvalue weighted by Crippen LogP contribution is 2.28. The predicted molar refractivity (Wildman–Crippen MR) is 126 cm³/mol. The van der Waals surface area contributed by atoms with Crippen LogP contribution in [0.5, 0.6) is 5.75 Å². The Morgan fingerprint density at radius 3 is 2.50 bits per heavy atom. The SMILES string of the molecule is CSCOC(CCc1ccc(C)cc1)CSc1ccc(OCC2OC(C)O2)c(C)c1. The largest absolute Gasteiger partial charge is 0.488 e. The summed E-state index contributed by atoms with van der Waals surface area (Å²) >= 11 is 3.57. The smallest absolute Gasteiger partial charge is 0.197 e. The first-order chi connectivity index (χ1) is 14.5. The van der Waals surface area contributed by atoms with Gasteiger partial charge in [-0.1, -0.05) is 29.8 Å². The Kier molecular flexibility index (Phi) is 9.40. The van der Waals surface area contributed by atoms with Crippen molar-refractivity contribution in [3.05, 3.63) is 59.2 Å². The highest BCUT2D eigenvalue weighted by Gasteiger charge is 2.27. The van der Waals surface area contributed by atoms with Crippen LogP contribution in [0.15, 0.2) is 47.4 Å². The van der Waals surface area contributed by atoms with E-state index in [1.165, 1.54) is 16.0 Å². The average molecular weight is 449 g/mol. The molecule has 2 aromatic carbocycles. The number of ether oxygens (including phenoxy) is 4. The van der Waals surface area contributed by atoms with Crippen LogP contribution in [0.1, 0.15) is 30.0 Å². The highest BCUT2D eigenvalue weighted by atomic mass is 32.2. The van der Waals surface area contributed by atoms with Crippen LogP contribution in [0.3, 0.4) is 0 Å². The molecule has 3 rings (SSSR count). The van der Waals surface area contributed by atoms with Gasteiger partial charge in [0.05, 0.1) is 12.0 Å². The van der Waals surface area contributed by atoms with Crippen molar-refractivity contribution in [1.82, 2.24) is 0 Å². The molecule has 0 spiro atoms. The second-order valence-corrected chi connectivity index (χ2v) is 9.44. The Morgan fingerprint density at radius 2 is 1.83 bits per heavy atom. The van der Waals surface area contributed by atoms with Gasteiger partial charge in [-0.15, -0.1) is 23.5 Å². The quantitative estimate of drug-likeness (QED) is 0.300. The third-order valence-electron chi connectivity index (χ3n) is 4.94. The zero-order chi connectivity index (χ0) is 21.3. The van der Waals surface area contributed by atoms with E-state index in [1.807, 2.05) is 24.8 Å². The molecular formula is C24H32O4S2. The molecule has 1 aliphatic heterocycles. The van der Waals surface area contributed by atoms with Crippen LogP contribution >= 0.6 is 23.5 Å². The zero-order valence-electron chi connectivity index (χ0n) is 18.3. The van der Waals surface area contributed by atoms with Gasteiger partial charge in [0.25, 0.3) is 0 Å². The van der Waals surface area contributed by atoms with Gasteiger partial charge in [-0.2, -0.15) is 0 Å². The van der Waals surface area contributed by atoms with Crippen LogP contribution < -0.4 is 4.74 Å². The molecule has 4 nitrogen and oxygen atoms in total. The lowest BCUT2D eigenvalue weighted by atomic mass is 10.1. The number of hydrogen-bond donors (Lipinski definition) is 0. The molecule has 6 heteroatoms. The van der Waals surface area contributed by atoms with Gasteiger partial charge in [0.2, 0.25) is 0 Å². The number of rotatable bonds is 12. The zero-order valence-corrected chi connectivity index (χ0v) is 19.9. The van der Waals surface area contributed by atoms with Crippen molar-refractivity contribution in [2.45, 2.75) is 57.2 Å². The summed E-state index contributed by atoms with van der Waals surface area (Å²) < 4.78 is 22.8. The maximum absolute atomic E-state index is 6.09. The minimum Gasteiger partial charge on any atom is -0.488 e. The van der Waals surface area contributed by atoms with Crippen LogP contribution in [0.4, 0.5) is 0 Å². The Hall–Kier alpha value is -1.18. The molecule has 1 fully saturated rings. The lowest BCUT2D eigenvalue weighted by molar-refractivity contribution is -0.380. The first-order valence-electron chi connectivity index (χ1n) is 10.4. The minimum absolute atomic E-state index is 0.120. The molecule has 1 atom stereocenters. The van der Waals surface area contributed by atoms with E-state index in [2.05, 4.69) is 56.5 Å². The van der Waals surface area contributed by atoms with E-state index in [1.54, 1.807) is 11.8 Å². The summed E-state index contributed by atoms with van der Waals surface area (Å²) in [5, 5.41) is 0. The third kappa shape index (κ3) is 7.50. The van der Waals surface area contributed by atoms with Crippen LogP contribution in [0, 0.1) is 13.8 Å². The summed E-state index contributed by atoms with van der Waals surface area (Å²) in [5.41, 5.74) is 3.79. The number of aryl methyl sites for hydroxylation is 3. The van der Waals surface area contributed by atoms with Gasteiger partial charge in [0.1, 0.15) is 12.4 Å². The molecular weight excluding hydrogens is 416 g/mol. The van der Waals surface area contributed by atoms with Crippen molar-refractivity contribution in [2.75, 3.05) is 24.6 Å². The van der Waals surface area contributed by atoms with Crippen molar-refractivity contribution in [1.29, 1.82) is 0 Å². The Morgan fingerprint density at radius 1 is 1.07 bits per heavy atom. The number of thioether (sulfide) groups is 2. The summed E-state index contributed by atoms with van der Waals surface area (Å²) in [5.74, 6) is 2.54. The first kappa shape index (κ1) is 23.5. The normalized spacial score (nSPS) is 19.3. The molecule has 0 saturated carbocycles. The van der Waals surface area contributed by atoms with Gasteiger partial charge in [-0.3, -0.25) is 0 Å². The molecule has 1 unspecified atom stereocenters. The second kappa shape index (κ2) is 12.0. The molecule has 30 heavy (non-hydrogen) atoms. The monoisotopic (exact) mass is 448 g/mol. The Balaban J connectivity index is 1.48. The molecule has 0 aliphatic carbocycles. The fraction of sp³-hybridized carbons (Fsp3) is 0.500. The van der Waals surface area contributed by atoms with Gasteiger partial charge in [0, 0.05) is 10.6 Å². The topological polar surface area (TPSA) is 36.9 Å². The predicted octanol–water partition coefficient (Wildman–Crippen LogP) is 5.83. The van der Waals surface area contributed by atoms with Crippen LogP contribution in [-0.4, -0.2) is 43.2 Å². The standard InChI is InChI=1S/C24H32O4S2/c1-17-5-7-20(8-6-17)9-10-21(26-16-29-4)15-30-22-11-12-23(18(2)13-22)25-14-24-27-19(3)28-24/h5-8,11-13,19,21,24H,9-10,14-16H2,1-4H3. The molecule has 0 aromatic heterocycles. The average Bonchev–Trinajstić information content (AvgIpc) is 2.72.